The molecule has 2 rings (SSSR count). The number of ether oxygens (including phenoxy) is 1. The second kappa shape index (κ2) is 7.20. The maximum Gasteiger partial charge on any atom is 0.273 e. The molecule has 0 bridgehead atoms. The number of methoxy groups -OCH3 is 1. The number of carbonyl (C=O) groups excluding carboxylic acids is 1. The van der Waals surface area contributed by atoms with Gasteiger partial charge in [0.15, 0.2) is 5.69 Å². The largest absolute Gasteiger partial charge is 0.383 e. The Labute approximate surface area is 112 Å². The van der Waals surface area contributed by atoms with Crippen molar-refractivity contribution in [3.8, 4) is 0 Å². The number of rotatable bonds is 6. The molecule has 0 unspecified atom stereocenters. The molecule has 1 fully saturated rings. The molecule has 0 atom stereocenters. The van der Waals surface area contributed by atoms with E-state index < -0.39 is 0 Å². The first-order chi connectivity index (χ1) is 9.29. The summed E-state index contributed by atoms with van der Waals surface area (Å²) in [5, 5.41) is 12.7. The van der Waals surface area contributed by atoms with Gasteiger partial charge in [0.1, 0.15) is 0 Å². The Morgan fingerprint density at radius 2 is 2.37 bits per heavy atom. The van der Waals surface area contributed by atoms with Crippen molar-refractivity contribution in [2.75, 3.05) is 39.9 Å². The van der Waals surface area contributed by atoms with Gasteiger partial charge < -0.3 is 15.0 Å². The van der Waals surface area contributed by atoms with Crippen molar-refractivity contribution in [2.45, 2.75) is 12.8 Å². The zero-order chi connectivity index (χ0) is 13.5. The van der Waals surface area contributed by atoms with Gasteiger partial charge in [0, 0.05) is 20.2 Å². The molecule has 2 heterocycles. The molecule has 0 saturated carbocycles. The van der Waals surface area contributed by atoms with E-state index in [0.29, 0.717) is 18.2 Å². The van der Waals surface area contributed by atoms with Crippen molar-refractivity contribution in [1.82, 2.24) is 25.6 Å². The van der Waals surface area contributed by atoms with Crippen LogP contribution < -0.4 is 5.32 Å². The van der Waals surface area contributed by atoms with Crippen LogP contribution in [0.2, 0.25) is 0 Å². The molecule has 1 amide bonds. The van der Waals surface area contributed by atoms with Crippen LogP contribution in [0.4, 0.5) is 0 Å². The highest BCUT2D eigenvalue weighted by molar-refractivity contribution is 5.91. The SMILES string of the molecule is COCCN1CCC(CNC(=O)c2cn[nH]n2)CC1. The number of H-pyrrole nitrogens is 1. The number of hydrogen-bond donors (Lipinski definition) is 2. The minimum Gasteiger partial charge on any atom is -0.383 e. The van der Waals surface area contributed by atoms with Gasteiger partial charge in [-0.1, -0.05) is 0 Å². The molecule has 0 spiro atoms. The molecule has 1 aliphatic rings. The molecule has 19 heavy (non-hydrogen) atoms. The Morgan fingerprint density at radius 1 is 1.58 bits per heavy atom. The van der Waals surface area contributed by atoms with Gasteiger partial charge >= 0.3 is 0 Å². The summed E-state index contributed by atoms with van der Waals surface area (Å²) in [7, 11) is 1.73. The molecule has 7 heteroatoms. The highest BCUT2D eigenvalue weighted by atomic mass is 16.5. The maximum atomic E-state index is 11.7. The molecular formula is C12H21N5O2. The zero-order valence-corrected chi connectivity index (χ0v) is 11.3. The predicted molar refractivity (Wildman–Crippen MR) is 69.8 cm³/mol. The third-order valence-electron chi connectivity index (χ3n) is 3.52. The Hall–Kier alpha value is -1.47. The smallest absolute Gasteiger partial charge is 0.273 e. The second-order valence-corrected chi connectivity index (χ2v) is 4.84. The fraction of sp³-hybridized carbons (Fsp3) is 0.750. The standard InChI is InChI=1S/C12H21N5O2/c1-19-7-6-17-4-2-10(3-5-17)8-13-12(18)11-9-14-16-15-11/h9-10H,2-8H2,1H3,(H,13,18)(H,14,15,16). The van der Waals surface area contributed by atoms with Crippen molar-refractivity contribution in [2.24, 2.45) is 5.92 Å². The second-order valence-electron chi connectivity index (χ2n) is 4.84. The zero-order valence-electron chi connectivity index (χ0n) is 11.3. The molecule has 1 aromatic rings. The third-order valence-corrected chi connectivity index (χ3v) is 3.52. The van der Waals surface area contributed by atoms with Gasteiger partial charge in [0.25, 0.3) is 5.91 Å². The number of amides is 1. The van der Waals surface area contributed by atoms with Crippen LogP contribution in [-0.2, 0) is 4.74 Å². The van der Waals surface area contributed by atoms with Gasteiger partial charge in [-0.15, -0.1) is 0 Å². The van der Waals surface area contributed by atoms with Crippen molar-refractivity contribution < 1.29 is 9.53 Å². The molecule has 0 aromatic carbocycles. The van der Waals surface area contributed by atoms with Crippen LogP contribution in [0.3, 0.4) is 0 Å². The summed E-state index contributed by atoms with van der Waals surface area (Å²) in [6.45, 7) is 4.65. The third kappa shape index (κ3) is 4.29. The molecule has 0 aliphatic carbocycles. The number of hydrogen-bond acceptors (Lipinski definition) is 5. The van der Waals surface area contributed by atoms with Crippen LogP contribution in [-0.4, -0.2) is 66.1 Å². The van der Waals surface area contributed by atoms with Crippen LogP contribution in [0.15, 0.2) is 6.20 Å². The Kier molecular flexibility index (Phi) is 5.29. The molecule has 1 saturated heterocycles. The topological polar surface area (TPSA) is 83.1 Å². The lowest BCUT2D eigenvalue weighted by Crippen LogP contribution is -2.39. The van der Waals surface area contributed by atoms with E-state index in [1.165, 1.54) is 6.20 Å². The van der Waals surface area contributed by atoms with E-state index in [-0.39, 0.29) is 5.91 Å². The summed E-state index contributed by atoms with van der Waals surface area (Å²) in [6, 6.07) is 0. The van der Waals surface area contributed by atoms with E-state index in [1.807, 2.05) is 0 Å². The number of nitrogens with one attached hydrogen (secondary N) is 2. The predicted octanol–water partition coefficient (Wildman–Crippen LogP) is -0.107. The summed E-state index contributed by atoms with van der Waals surface area (Å²) < 4.78 is 5.08. The van der Waals surface area contributed by atoms with Gasteiger partial charge in [-0.05, 0) is 31.8 Å². The van der Waals surface area contributed by atoms with E-state index in [2.05, 4.69) is 25.6 Å². The van der Waals surface area contributed by atoms with Crippen molar-refractivity contribution in [1.29, 1.82) is 0 Å². The normalized spacial score (nSPS) is 17.5. The number of aromatic amines is 1. The molecule has 7 nitrogen and oxygen atoms in total. The average molecular weight is 267 g/mol. The van der Waals surface area contributed by atoms with Gasteiger partial charge in [-0.3, -0.25) is 4.79 Å². The lowest BCUT2D eigenvalue weighted by molar-refractivity contribution is 0.0921. The number of nitrogens with zero attached hydrogens (tertiary/aromatic N) is 3. The van der Waals surface area contributed by atoms with Crippen LogP contribution in [0, 0.1) is 5.92 Å². The van der Waals surface area contributed by atoms with E-state index in [1.54, 1.807) is 7.11 Å². The van der Waals surface area contributed by atoms with E-state index >= 15 is 0 Å². The maximum absolute atomic E-state index is 11.7. The monoisotopic (exact) mass is 267 g/mol. The summed E-state index contributed by atoms with van der Waals surface area (Å²) in [5.41, 5.74) is 0.345. The fourth-order valence-corrected chi connectivity index (χ4v) is 2.27. The number of aromatic nitrogens is 3. The summed E-state index contributed by atoms with van der Waals surface area (Å²) in [4.78, 5) is 14.1. The van der Waals surface area contributed by atoms with E-state index in [9.17, 15) is 4.79 Å². The molecule has 1 aromatic heterocycles. The van der Waals surface area contributed by atoms with Crippen molar-refractivity contribution >= 4 is 5.91 Å². The van der Waals surface area contributed by atoms with Crippen molar-refractivity contribution in [3.63, 3.8) is 0 Å². The Bertz CT molecular complexity index is 373. The van der Waals surface area contributed by atoms with Gasteiger partial charge in [-0.25, -0.2) is 0 Å². The number of piperidine rings is 1. The van der Waals surface area contributed by atoms with Gasteiger partial charge in [0.2, 0.25) is 0 Å². The Morgan fingerprint density at radius 3 is 3.00 bits per heavy atom. The molecule has 106 valence electrons. The highest BCUT2D eigenvalue weighted by Gasteiger charge is 2.19. The molecule has 0 radical (unpaired) electrons. The lowest BCUT2D eigenvalue weighted by Gasteiger charge is -2.31. The van der Waals surface area contributed by atoms with Gasteiger partial charge in [0.05, 0.1) is 12.8 Å². The minimum absolute atomic E-state index is 0.157. The first kappa shape index (κ1) is 14.0. The quantitative estimate of drug-likeness (QED) is 0.751. The molecule has 2 N–H and O–H groups in total. The average Bonchev–Trinajstić information content (AvgIpc) is 2.98. The van der Waals surface area contributed by atoms with E-state index in [0.717, 1.165) is 39.1 Å². The number of carbonyl (C=O) groups is 1. The summed E-state index contributed by atoms with van der Waals surface area (Å²) in [5.74, 6) is 0.394. The molecule has 1 aliphatic heterocycles. The first-order valence-electron chi connectivity index (χ1n) is 6.65. The van der Waals surface area contributed by atoms with Crippen LogP contribution in [0.5, 0.6) is 0 Å². The number of likely N-dealkylation sites (tertiary alicyclic amines) is 1. The molecular weight excluding hydrogens is 246 g/mol. The van der Waals surface area contributed by atoms with Crippen LogP contribution in [0.25, 0.3) is 0 Å². The highest BCUT2D eigenvalue weighted by Crippen LogP contribution is 2.16. The van der Waals surface area contributed by atoms with Crippen LogP contribution in [0.1, 0.15) is 23.3 Å². The summed E-state index contributed by atoms with van der Waals surface area (Å²) >= 11 is 0. The van der Waals surface area contributed by atoms with Crippen molar-refractivity contribution in [3.05, 3.63) is 11.9 Å². The van der Waals surface area contributed by atoms with Gasteiger partial charge in [-0.2, -0.15) is 15.4 Å². The fourth-order valence-electron chi connectivity index (χ4n) is 2.27. The van der Waals surface area contributed by atoms with E-state index in [4.69, 9.17) is 4.74 Å². The summed E-state index contributed by atoms with van der Waals surface area (Å²) in [6.07, 6.45) is 3.66. The lowest BCUT2D eigenvalue weighted by atomic mass is 9.97. The minimum atomic E-state index is -0.157. The first-order valence-corrected chi connectivity index (χ1v) is 6.65. The van der Waals surface area contributed by atoms with Crippen LogP contribution >= 0.6 is 0 Å². The Balaban J connectivity index is 1.64.